The van der Waals surface area contributed by atoms with Gasteiger partial charge in [-0.3, -0.25) is 9.59 Å². The monoisotopic (exact) mass is 342 g/mol. The Morgan fingerprint density at radius 2 is 2.00 bits per heavy atom. The molecule has 1 fully saturated rings. The van der Waals surface area contributed by atoms with Crippen molar-refractivity contribution in [2.75, 3.05) is 26.7 Å². The maximum atomic E-state index is 13.7. The zero-order valence-electron chi connectivity index (χ0n) is 11.2. The third kappa shape index (κ3) is 3.36. The summed E-state index contributed by atoms with van der Waals surface area (Å²) in [5.74, 6) is -1.16. The molecule has 0 saturated carbocycles. The van der Waals surface area contributed by atoms with E-state index in [4.69, 9.17) is 0 Å². The minimum Gasteiger partial charge on any atom is -0.341 e. The summed E-state index contributed by atoms with van der Waals surface area (Å²) in [6, 6.07) is 4.18. The minimum atomic E-state index is -0.585. The quantitative estimate of drug-likeness (QED) is 0.845. The van der Waals surface area contributed by atoms with Crippen molar-refractivity contribution in [3.8, 4) is 0 Å². The number of likely N-dealkylation sites (N-methyl/N-ethyl adjacent to an activating group) is 1. The number of halogens is 2. The van der Waals surface area contributed by atoms with Crippen LogP contribution in [0, 0.1) is 5.82 Å². The number of hydrogen-bond acceptors (Lipinski definition) is 2. The first-order valence-electron chi connectivity index (χ1n) is 6.47. The molecule has 6 heteroatoms. The predicted octanol–water partition coefficient (Wildman–Crippen LogP) is 2.28. The van der Waals surface area contributed by atoms with Crippen LogP contribution in [0.1, 0.15) is 23.2 Å². The van der Waals surface area contributed by atoms with Crippen LogP contribution >= 0.6 is 15.9 Å². The Bertz CT molecular complexity index is 530. The number of likely N-dealkylation sites (tertiary alicyclic amines) is 1. The van der Waals surface area contributed by atoms with Gasteiger partial charge in [0.15, 0.2) is 0 Å². The molecule has 4 nitrogen and oxygen atoms in total. The fourth-order valence-electron chi connectivity index (χ4n) is 2.21. The molecule has 0 aliphatic carbocycles. The molecule has 108 valence electrons. The largest absolute Gasteiger partial charge is 0.341 e. The summed E-state index contributed by atoms with van der Waals surface area (Å²) in [7, 11) is 1.51. The van der Waals surface area contributed by atoms with Gasteiger partial charge >= 0.3 is 0 Å². The van der Waals surface area contributed by atoms with Crippen LogP contribution in [0.3, 0.4) is 0 Å². The molecule has 0 bridgehead atoms. The Hall–Kier alpha value is -1.43. The van der Waals surface area contributed by atoms with Crippen LogP contribution < -0.4 is 0 Å². The van der Waals surface area contributed by atoms with Crippen molar-refractivity contribution in [2.45, 2.75) is 12.8 Å². The van der Waals surface area contributed by atoms with E-state index in [1.165, 1.54) is 30.1 Å². The minimum absolute atomic E-state index is 0.0230. The van der Waals surface area contributed by atoms with E-state index in [0.29, 0.717) is 4.47 Å². The number of carbonyl (C=O) groups is 2. The lowest BCUT2D eigenvalue weighted by atomic mass is 10.2. The second-order valence-electron chi connectivity index (χ2n) is 4.87. The van der Waals surface area contributed by atoms with E-state index in [2.05, 4.69) is 15.9 Å². The van der Waals surface area contributed by atoms with E-state index in [0.717, 1.165) is 25.9 Å². The van der Waals surface area contributed by atoms with Gasteiger partial charge in [-0.15, -0.1) is 0 Å². The Labute approximate surface area is 125 Å². The molecule has 2 amide bonds. The van der Waals surface area contributed by atoms with Crippen molar-refractivity contribution < 1.29 is 14.0 Å². The van der Waals surface area contributed by atoms with Gasteiger partial charge < -0.3 is 9.80 Å². The summed E-state index contributed by atoms with van der Waals surface area (Å²) in [6.45, 7) is 1.46. The van der Waals surface area contributed by atoms with E-state index in [1.54, 1.807) is 4.90 Å². The summed E-state index contributed by atoms with van der Waals surface area (Å²) in [5, 5.41) is 0. The van der Waals surface area contributed by atoms with Crippen LogP contribution in [-0.4, -0.2) is 48.3 Å². The van der Waals surface area contributed by atoms with Crippen LogP contribution in [0.2, 0.25) is 0 Å². The maximum Gasteiger partial charge on any atom is 0.257 e. The topological polar surface area (TPSA) is 40.6 Å². The summed E-state index contributed by atoms with van der Waals surface area (Å²) in [6.07, 6.45) is 2.01. The third-order valence-corrected chi connectivity index (χ3v) is 3.83. The van der Waals surface area contributed by atoms with Crippen molar-refractivity contribution in [3.05, 3.63) is 34.1 Å². The lowest BCUT2D eigenvalue weighted by molar-refractivity contribution is -0.130. The lowest BCUT2D eigenvalue weighted by Gasteiger charge is -2.21. The second-order valence-corrected chi connectivity index (χ2v) is 5.79. The molecule has 20 heavy (non-hydrogen) atoms. The van der Waals surface area contributed by atoms with Crippen LogP contribution in [0.4, 0.5) is 4.39 Å². The summed E-state index contributed by atoms with van der Waals surface area (Å²) < 4.78 is 14.3. The van der Waals surface area contributed by atoms with Crippen LogP contribution in [0.25, 0.3) is 0 Å². The fourth-order valence-corrected chi connectivity index (χ4v) is 2.57. The smallest absolute Gasteiger partial charge is 0.257 e. The van der Waals surface area contributed by atoms with E-state index in [9.17, 15) is 14.0 Å². The molecule has 0 aromatic heterocycles. The predicted molar refractivity (Wildman–Crippen MR) is 76.9 cm³/mol. The Balaban J connectivity index is 2.04. The van der Waals surface area contributed by atoms with Gasteiger partial charge in [-0.1, -0.05) is 15.9 Å². The Morgan fingerprint density at radius 3 is 2.65 bits per heavy atom. The van der Waals surface area contributed by atoms with Gasteiger partial charge in [0, 0.05) is 24.6 Å². The second kappa shape index (κ2) is 6.35. The van der Waals surface area contributed by atoms with Crippen molar-refractivity contribution in [3.63, 3.8) is 0 Å². The number of amides is 2. The molecule has 1 heterocycles. The normalized spacial score (nSPS) is 14.4. The highest BCUT2D eigenvalue weighted by Crippen LogP contribution is 2.17. The summed E-state index contributed by atoms with van der Waals surface area (Å²) >= 11 is 3.21. The number of hydrogen-bond donors (Lipinski definition) is 0. The van der Waals surface area contributed by atoms with Gasteiger partial charge in [-0.05, 0) is 31.0 Å². The Morgan fingerprint density at radius 1 is 1.35 bits per heavy atom. The van der Waals surface area contributed by atoms with Gasteiger partial charge in [-0.25, -0.2) is 4.39 Å². The van der Waals surface area contributed by atoms with Crippen molar-refractivity contribution in [1.82, 2.24) is 9.80 Å². The molecule has 1 aromatic carbocycles. The molecule has 2 rings (SSSR count). The highest BCUT2D eigenvalue weighted by Gasteiger charge is 2.23. The SMILES string of the molecule is CN(CC(=O)N1CCCC1)C(=O)c1cc(Br)ccc1F. The first-order valence-corrected chi connectivity index (χ1v) is 7.26. The number of rotatable bonds is 3. The maximum absolute atomic E-state index is 13.7. The van der Waals surface area contributed by atoms with Gasteiger partial charge in [0.2, 0.25) is 5.91 Å². The standard InChI is InChI=1S/C14H16BrFN2O2/c1-17(9-13(19)18-6-2-3-7-18)14(20)11-8-10(15)4-5-12(11)16/h4-5,8H,2-3,6-7,9H2,1H3. The fraction of sp³-hybridized carbons (Fsp3) is 0.429. The average Bonchev–Trinajstić information content (AvgIpc) is 2.94. The van der Waals surface area contributed by atoms with E-state index in [-0.39, 0.29) is 18.0 Å². The summed E-state index contributed by atoms with van der Waals surface area (Å²) in [4.78, 5) is 27.1. The van der Waals surface area contributed by atoms with Crippen molar-refractivity contribution in [2.24, 2.45) is 0 Å². The third-order valence-electron chi connectivity index (χ3n) is 3.34. The molecule has 1 aromatic rings. The molecule has 1 aliphatic rings. The zero-order chi connectivity index (χ0) is 14.7. The molecule has 0 radical (unpaired) electrons. The molecule has 1 aliphatic heterocycles. The van der Waals surface area contributed by atoms with E-state index >= 15 is 0 Å². The van der Waals surface area contributed by atoms with E-state index in [1.807, 2.05) is 0 Å². The number of benzene rings is 1. The number of nitrogens with zero attached hydrogens (tertiary/aromatic N) is 2. The number of carbonyl (C=O) groups excluding carboxylic acids is 2. The van der Waals surface area contributed by atoms with Gasteiger partial charge in [-0.2, -0.15) is 0 Å². The zero-order valence-corrected chi connectivity index (χ0v) is 12.8. The molecule has 0 unspecified atom stereocenters. The van der Waals surface area contributed by atoms with Crippen molar-refractivity contribution >= 4 is 27.7 Å². The van der Waals surface area contributed by atoms with Gasteiger partial charge in [0.25, 0.3) is 5.91 Å². The molecular weight excluding hydrogens is 327 g/mol. The van der Waals surface area contributed by atoms with Gasteiger partial charge in [0.1, 0.15) is 5.82 Å². The van der Waals surface area contributed by atoms with E-state index < -0.39 is 11.7 Å². The molecule has 0 atom stereocenters. The lowest BCUT2D eigenvalue weighted by Crippen LogP contribution is -2.40. The average molecular weight is 343 g/mol. The van der Waals surface area contributed by atoms with Gasteiger partial charge in [0.05, 0.1) is 12.1 Å². The van der Waals surface area contributed by atoms with Crippen LogP contribution in [0.15, 0.2) is 22.7 Å². The first kappa shape index (κ1) is 15.0. The highest BCUT2D eigenvalue weighted by atomic mass is 79.9. The molecule has 0 N–H and O–H groups in total. The Kier molecular flexibility index (Phi) is 4.75. The molecule has 0 spiro atoms. The van der Waals surface area contributed by atoms with Crippen LogP contribution in [-0.2, 0) is 4.79 Å². The summed E-state index contributed by atoms with van der Waals surface area (Å²) in [5.41, 5.74) is -0.0314. The highest BCUT2D eigenvalue weighted by molar-refractivity contribution is 9.10. The molecule has 1 saturated heterocycles. The van der Waals surface area contributed by atoms with Crippen molar-refractivity contribution in [1.29, 1.82) is 0 Å². The molecular formula is C14H16BrFN2O2. The van der Waals surface area contributed by atoms with Crippen LogP contribution in [0.5, 0.6) is 0 Å². The first-order chi connectivity index (χ1) is 9.49.